The number of aromatic nitrogens is 1. The van der Waals surface area contributed by atoms with Gasteiger partial charge in [-0.2, -0.15) is 0 Å². The molecule has 2 saturated heterocycles. The lowest BCUT2D eigenvalue weighted by Crippen LogP contribution is -2.25. The minimum absolute atomic E-state index is 0.687. The van der Waals surface area contributed by atoms with Gasteiger partial charge in [0.2, 0.25) is 5.88 Å². The van der Waals surface area contributed by atoms with Crippen LogP contribution in [0.4, 0.5) is 0 Å². The number of methoxy groups -OCH3 is 1. The molecule has 196 valence electrons. The van der Waals surface area contributed by atoms with Crippen LogP contribution >= 0.6 is 0 Å². The zero-order valence-electron chi connectivity index (χ0n) is 22.0. The van der Waals surface area contributed by atoms with Gasteiger partial charge in [0.25, 0.3) is 0 Å². The molecule has 0 spiro atoms. The van der Waals surface area contributed by atoms with Crippen molar-refractivity contribution in [3.05, 3.63) is 71.9 Å². The average molecular weight is 502 g/mol. The van der Waals surface area contributed by atoms with Gasteiger partial charge in [0.05, 0.1) is 7.11 Å². The van der Waals surface area contributed by atoms with Gasteiger partial charge < -0.3 is 14.2 Å². The summed E-state index contributed by atoms with van der Waals surface area (Å²) in [6.07, 6.45) is 7.94. The minimum atomic E-state index is 0.687. The molecule has 0 bridgehead atoms. The first-order valence-electron chi connectivity index (χ1n) is 13.7. The minimum Gasteiger partial charge on any atom is -0.497 e. The lowest BCUT2D eigenvalue weighted by Gasteiger charge is -2.16. The van der Waals surface area contributed by atoms with Crippen LogP contribution in [0.1, 0.15) is 36.8 Å². The lowest BCUT2D eigenvalue weighted by molar-refractivity contribution is 0.232. The van der Waals surface area contributed by atoms with Crippen LogP contribution in [-0.2, 0) is 6.42 Å². The van der Waals surface area contributed by atoms with E-state index in [-0.39, 0.29) is 0 Å². The maximum Gasteiger partial charge on any atom is 0.213 e. The second-order valence-electron chi connectivity index (χ2n) is 10.0. The van der Waals surface area contributed by atoms with Gasteiger partial charge in [-0.05, 0) is 105 Å². The van der Waals surface area contributed by atoms with E-state index in [9.17, 15) is 0 Å². The molecule has 37 heavy (non-hydrogen) atoms. The highest BCUT2D eigenvalue weighted by Gasteiger charge is 2.13. The molecule has 5 rings (SSSR count). The molecular weight excluding hydrogens is 462 g/mol. The zero-order chi connectivity index (χ0) is 25.3. The predicted octanol–water partition coefficient (Wildman–Crippen LogP) is 5.30. The number of benzene rings is 2. The standard InChI is InChI=1S/C31H39N3O3/c1-35-29-12-9-27(22-25-6-13-31(32-24-25)37-21-19-34-16-4-5-17-34)30(23-29)26-7-10-28(11-8-26)36-20-18-33-14-2-3-15-33/h6-13,23-24H,2-5,14-22H2,1H3. The summed E-state index contributed by atoms with van der Waals surface area (Å²) >= 11 is 0. The van der Waals surface area contributed by atoms with E-state index >= 15 is 0 Å². The van der Waals surface area contributed by atoms with Crippen LogP contribution in [0, 0.1) is 0 Å². The Morgan fingerprint density at radius 1 is 0.730 bits per heavy atom. The van der Waals surface area contributed by atoms with E-state index < -0.39 is 0 Å². The van der Waals surface area contributed by atoms with Gasteiger partial charge in [-0.1, -0.05) is 24.3 Å². The molecule has 2 aliphatic rings. The number of ether oxygens (including phenoxy) is 3. The Kier molecular flexibility index (Phi) is 8.93. The van der Waals surface area contributed by atoms with Crippen molar-refractivity contribution in [2.45, 2.75) is 32.1 Å². The van der Waals surface area contributed by atoms with E-state index in [1.165, 1.54) is 57.4 Å². The van der Waals surface area contributed by atoms with Crippen molar-refractivity contribution in [3.8, 4) is 28.5 Å². The van der Waals surface area contributed by atoms with Crippen molar-refractivity contribution < 1.29 is 14.2 Å². The number of nitrogens with zero attached hydrogens (tertiary/aromatic N) is 3. The van der Waals surface area contributed by atoms with E-state index in [0.717, 1.165) is 54.3 Å². The second-order valence-corrected chi connectivity index (χ2v) is 10.0. The van der Waals surface area contributed by atoms with Gasteiger partial charge in [-0.25, -0.2) is 4.98 Å². The molecule has 3 heterocycles. The first kappa shape index (κ1) is 25.6. The molecule has 0 aliphatic carbocycles. The molecule has 2 aliphatic heterocycles. The summed E-state index contributed by atoms with van der Waals surface area (Å²) < 4.78 is 17.4. The quantitative estimate of drug-likeness (QED) is 0.336. The number of hydrogen-bond acceptors (Lipinski definition) is 6. The smallest absolute Gasteiger partial charge is 0.213 e. The van der Waals surface area contributed by atoms with E-state index in [1.54, 1.807) is 7.11 Å². The van der Waals surface area contributed by atoms with Crippen molar-refractivity contribution >= 4 is 0 Å². The van der Waals surface area contributed by atoms with Crippen LogP contribution in [0.3, 0.4) is 0 Å². The fourth-order valence-electron chi connectivity index (χ4n) is 5.24. The fourth-order valence-corrected chi connectivity index (χ4v) is 5.24. The Labute approximate surface area is 221 Å². The highest BCUT2D eigenvalue weighted by molar-refractivity contribution is 5.70. The van der Waals surface area contributed by atoms with Crippen LogP contribution in [0.2, 0.25) is 0 Å². The molecule has 0 atom stereocenters. The van der Waals surface area contributed by atoms with Crippen molar-refractivity contribution in [2.75, 3.05) is 59.6 Å². The van der Waals surface area contributed by atoms with Gasteiger partial charge in [0.15, 0.2) is 0 Å². The van der Waals surface area contributed by atoms with Crippen molar-refractivity contribution in [1.82, 2.24) is 14.8 Å². The molecule has 0 N–H and O–H groups in total. The topological polar surface area (TPSA) is 47.1 Å². The summed E-state index contributed by atoms with van der Waals surface area (Å²) in [6, 6.07) is 18.8. The van der Waals surface area contributed by atoms with E-state index in [0.29, 0.717) is 12.5 Å². The largest absolute Gasteiger partial charge is 0.497 e. The summed E-state index contributed by atoms with van der Waals surface area (Å²) in [7, 11) is 1.71. The molecule has 2 fully saturated rings. The van der Waals surface area contributed by atoms with E-state index in [2.05, 4.69) is 57.2 Å². The second kappa shape index (κ2) is 12.9. The number of hydrogen-bond donors (Lipinski definition) is 0. The molecule has 0 saturated carbocycles. The lowest BCUT2D eigenvalue weighted by atomic mass is 9.95. The van der Waals surface area contributed by atoms with Crippen molar-refractivity contribution in [1.29, 1.82) is 0 Å². The molecule has 0 unspecified atom stereocenters. The van der Waals surface area contributed by atoms with Crippen molar-refractivity contribution in [3.63, 3.8) is 0 Å². The Bertz CT molecular complexity index is 1110. The third-order valence-electron chi connectivity index (χ3n) is 7.41. The molecule has 2 aromatic carbocycles. The molecular formula is C31H39N3O3. The summed E-state index contributed by atoms with van der Waals surface area (Å²) in [4.78, 5) is 9.48. The van der Waals surface area contributed by atoms with Gasteiger partial charge in [0, 0.05) is 25.4 Å². The number of likely N-dealkylation sites (tertiary alicyclic amines) is 2. The Morgan fingerprint density at radius 3 is 2.00 bits per heavy atom. The molecule has 6 heteroatoms. The molecule has 0 radical (unpaired) electrons. The van der Waals surface area contributed by atoms with Crippen LogP contribution in [-0.4, -0.2) is 74.4 Å². The van der Waals surface area contributed by atoms with Gasteiger partial charge in [0.1, 0.15) is 24.7 Å². The molecule has 0 amide bonds. The average Bonchev–Trinajstić information content (AvgIpc) is 3.65. The normalized spacial score (nSPS) is 16.2. The van der Waals surface area contributed by atoms with Gasteiger partial charge in [-0.3, -0.25) is 9.80 Å². The third kappa shape index (κ3) is 7.24. The monoisotopic (exact) mass is 501 g/mol. The summed E-state index contributed by atoms with van der Waals surface area (Å²) in [5.74, 6) is 2.46. The van der Waals surface area contributed by atoms with Crippen LogP contribution in [0.15, 0.2) is 60.8 Å². The van der Waals surface area contributed by atoms with Crippen molar-refractivity contribution in [2.24, 2.45) is 0 Å². The highest BCUT2D eigenvalue weighted by atomic mass is 16.5. The molecule has 6 nitrogen and oxygen atoms in total. The Balaban J connectivity index is 1.20. The van der Waals surface area contributed by atoms with Crippen LogP contribution < -0.4 is 14.2 Å². The summed E-state index contributed by atoms with van der Waals surface area (Å²) in [5.41, 5.74) is 4.69. The maximum absolute atomic E-state index is 6.01. The van der Waals surface area contributed by atoms with E-state index in [1.807, 2.05) is 18.3 Å². The molecule has 1 aromatic heterocycles. The summed E-state index contributed by atoms with van der Waals surface area (Å²) in [6.45, 7) is 8.17. The predicted molar refractivity (Wildman–Crippen MR) is 148 cm³/mol. The van der Waals surface area contributed by atoms with Gasteiger partial charge >= 0.3 is 0 Å². The zero-order valence-corrected chi connectivity index (χ0v) is 22.0. The third-order valence-corrected chi connectivity index (χ3v) is 7.41. The molecule has 3 aromatic rings. The first-order valence-corrected chi connectivity index (χ1v) is 13.7. The fraction of sp³-hybridized carbons (Fsp3) is 0.452. The summed E-state index contributed by atoms with van der Waals surface area (Å²) in [5, 5.41) is 0. The van der Waals surface area contributed by atoms with E-state index in [4.69, 9.17) is 14.2 Å². The Hall–Kier alpha value is -3.09. The highest BCUT2D eigenvalue weighted by Crippen LogP contribution is 2.31. The van der Waals surface area contributed by atoms with Crippen LogP contribution in [0.25, 0.3) is 11.1 Å². The SMILES string of the molecule is COc1ccc(Cc2ccc(OCCN3CCCC3)nc2)c(-c2ccc(OCCN3CCCC3)cc2)c1. The maximum atomic E-state index is 6.01. The van der Waals surface area contributed by atoms with Gasteiger partial charge in [-0.15, -0.1) is 0 Å². The van der Waals surface area contributed by atoms with Crippen LogP contribution in [0.5, 0.6) is 17.4 Å². The number of rotatable bonds is 12. The number of pyridine rings is 1. The Morgan fingerprint density at radius 2 is 1.38 bits per heavy atom. The first-order chi connectivity index (χ1) is 18.3.